The van der Waals surface area contributed by atoms with Gasteiger partial charge in [-0.2, -0.15) is 4.68 Å². The first-order valence-electron chi connectivity index (χ1n) is 5.94. The first-order valence-corrected chi connectivity index (χ1v) is 7.30. The van der Waals surface area contributed by atoms with Crippen molar-refractivity contribution in [1.82, 2.24) is 30.2 Å². The molecule has 9 heteroatoms. The van der Waals surface area contributed by atoms with Crippen LogP contribution in [0.3, 0.4) is 0 Å². The van der Waals surface area contributed by atoms with Crippen LogP contribution in [-0.2, 0) is 5.75 Å². The van der Waals surface area contributed by atoms with Gasteiger partial charge in [0.05, 0.1) is 11.4 Å². The minimum Gasteiger partial charge on any atom is -0.301 e. The zero-order chi connectivity index (χ0) is 14.7. The van der Waals surface area contributed by atoms with Gasteiger partial charge < -0.3 is 4.98 Å². The predicted octanol–water partition coefficient (Wildman–Crippen LogP) is 1.69. The molecule has 1 N–H and O–H groups in total. The van der Waals surface area contributed by atoms with Crippen molar-refractivity contribution in [2.45, 2.75) is 10.9 Å². The number of halogens is 1. The second kappa shape index (κ2) is 6.06. The summed E-state index contributed by atoms with van der Waals surface area (Å²) in [6, 6.07) is 8.56. The molecule has 21 heavy (non-hydrogen) atoms. The molecular weight excluding hydrogens is 312 g/mol. The number of aromatic amines is 1. The highest BCUT2D eigenvalue weighted by Crippen LogP contribution is 2.19. The van der Waals surface area contributed by atoms with E-state index in [4.69, 9.17) is 11.6 Å². The summed E-state index contributed by atoms with van der Waals surface area (Å²) in [7, 11) is 0. The van der Waals surface area contributed by atoms with E-state index in [1.807, 2.05) is 12.1 Å². The van der Waals surface area contributed by atoms with E-state index in [2.05, 4.69) is 25.5 Å². The van der Waals surface area contributed by atoms with Crippen molar-refractivity contribution in [3.63, 3.8) is 0 Å². The molecule has 0 spiro atoms. The summed E-state index contributed by atoms with van der Waals surface area (Å²) in [5.41, 5.74) is 0.624. The molecule has 0 aliphatic carbocycles. The largest absolute Gasteiger partial charge is 0.301 e. The lowest BCUT2D eigenvalue weighted by molar-refractivity contribution is 0.777. The van der Waals surface area contributed by atoms with E-state index in [9.17, 15) is 4.79 Å². The molecule has 0 unspecified atom stereocenters. The smallest absolute Gasteiger partial charge is 0.251 e. The fourth-order valence-electron chi connectivity index (χ4n) is 1.64. The lowest BCUT2D eigenvalue weighted by Crippen LogP contribution is -2.06. The summed E-state index contributed by atoms with van der Waals surface area (Å²) in [5, 5.41) is 12.8. The van der Waals surface area contributed by atoms with Crippen molar-refractivity contribution in [2.75, 3.05) is 0 Å². The molecule has 0 radical (unpaired) electrons. The Kier molecular flexibility index (Phi) is 3.98. The predicted molar refractivity (Wildman–Crippen MR) is 78.6 cm³/mol. The van der Waals surface area contributed by atoms with E-state index < -0.39 is 0 Å². The highest BCUT2D eigenvalue weighted by atomic mass is 35.5. The monoisotopic (exact) mass is 320 g/mol. The van der Waals surface area contributed by atoms with Crippen LogP contribution in [0.25, 0.3) is 5.69 Å². The van der Waals surface area contributed by atoms with E-state index in [1.54, 1.807) is 16.8 Å². The van der Waals surface area contributed by atoms with Crippen LogP contribution in [-0.4, -0.2) is 30.2 Å². The molecule has 3 aromatic rings. The molecular formula is C12H9ClN6OS. The van der Waals surface area contributed by atoms with Crippen LogP contribution in [0.1, 0.15) is 5.82 Å². The van der Waals surface area contributed by atoms with Gasteiger partial charge in [0.25, 0.3) is 5.56 Å². The molecule has 0 atom stereocenters. The van der Waals surface area contributed by atoms with Gasteiger partial charge in [-0.1, -0.05) is 23.4 Å². The summed E-state index contributed by atoms with van der Waals surface area (Å²) in [4.78, 5) is 17.9. The highest BCUT2D eigenvalue weighted by Gasteiger charge is 2.09. The van der Waals surface area contributed by atoms with Crippen molar-refractivity contribution in [3.8, 4) is 5.69 Å². The maximum absolute atomic E-state index is 11.2. The fraction of sp³-hybridized carbons (Fsp3) is 0.0833. The Balaban J connectivity index is 1.79. The normalized spacial score (nSPS) is 10.7. The Morgan fingerprint density at radius 1 is 1.24 bits per heavy atom. The number of aromatic nitrogens is 6. The van der Waals surface area contributed by atoms with Gasteiger partial charge >= 0.3 is 0 Å². The summed E-state index contributed by atoms with van der Waals surface area (Å²) < 4.78 is 1.62. The number of hydrogen-bond acceptors (Lipinski definition) is 6. The Morgan fingerprint density at radius 2 is 2.05 bits per heavy atom. The Hall–Kier alpha value is -2.19. The fourth-order valence-corrected chi connectivity index (χ4v) is 2.52. The third kappa shape index (κ3) is 3.29. The number of rotatable bonds is 4. The molecule has 0 saturated heterocycles. The van der Waals surface area contributed by atoms with Gasteiger partial charge in [-0.15, -0.1) is 5.10 Å². The third-order valence-electron chi connectivity index (χ3n) is 2.59. The zero-order valence-electron chi connectivity index (χ0n) is 10.6. The van der Waals surface area contributed by atoms with Gasteiger partial charge in [-0.3, -0.25) is 4.79 Å². The molecule has 2 aromatic heterocycles. The quantitative estimate of drug-likeness (QED) is 0.581. The van der Waals surface area contributed by atoms with E-state index in [0.29, 0.717) is 21.8 Å². The summed E-state index contributed by atoms with van der Waals surface area (Å²) >= 11 is 7.21. The van der Waals surface area contributed by atoms with Gasteiger partial charge in [-0.25, -0.2) is 4.98 Å². The van der Waals surface area contributed by atoms with Crippen molar-refractivity contribution < 1.29 is 0 Å². The molecule has 0 aliphatic rings. The molecule has 1 aromatic carbocycles. The van der Waals surface area contributed by atoms with Crippen LogP contribution in [0.4, 0.5) is 0 Å². The topological polar surface area (TPSA) is 89.3 Å². The lowest BCUT2D eigenvalue weighted by Gasteiger charge is -2.04. The summed E-state index contributed by atoms with van der Waals surface area (Å²) in [6.07, 6.45) is 1.46. The molecule has 0 aliphatic heterocycles. The minimum atomic E-state index is -0.190. The first kappa shape index (κ1) is 13.8. The number of thioether (sulfide) groups is 1. The minimum absolute atomic E-state index is 0.190. The second-order valence-electron chi connectivity index (χ2n) is 4.01. The Labute approximate surface area is 128 Å². The molecule has 0 amide bonds. The average molecular weight is 321 g/mol. The van der Waals surface area contributed by atoms with Crippen molar-refractivity contribution in [2.24, 2.45) is 0 Å². The molecule has 0 saturated carbocycles. The maximum Gasteiger partial charge on any atom is 0.251 e. The van der Waals surface area contributed by atoms with Crippen molar-refractivity contribution >= 4 is 23.4 Å². The van der Waals surface area contributed by atoms with Crippen LogP contribution < -0.4 is 5.56 Å². The van der Waals surface area contributed by atoms with Crippen LogP contribution >= 0.6 is 23.4 Å². The van der Waals surface area contributed by atoms with Crippen LogP contribution in [0.15, 0.2) is 46.5 Å². The number of H-pyrrole nitrogens is 1. The number of nitrogens with zero attached hydrogens (tertiary/aromatic N) is 5. The summed E-state index contributed by atoms with van der Waals surface area (Å²) in [6.45, 7) is 0. The molecule has 2 heterocycles. The van der Waals surface area contributed by atoms with Crippen LogP contribution in [0, 0.1) is 0 Å². The number of benzene rings is 1. The van der Waals surface area contributed by atoms with Crippen molar-refractivity contribution in [3.05, 3.63) is 57.7 Å². The van der Waals surface area contributed by atoms with Gasteiger partial charge in [0.15, 0.2) is 11.0 Å². The van der Waals surface area contributed by atoms with Gasteiger partial charge in [-0.05, 0) is 34.7 Å². The SMILES string of the molecule is O=c1ccnc(SCc2nnnn2-c2ccc(Cl)cc2)[nH]1. The number of tetrazole rings is 1. The number of hydrogen-bond donors (Lipinski definition) is 1. The molecule has 106 valence electrons. The van der Waals surface area contributed by atoms with E-state index in [0.717, 1.165) is 5.69 Å². The zero-order valence-corrected chi connectivity index (χ0v) is 12.2. The molecule has 0 fully saturated rings. The van der Waals surface area contributed by atoms with Gasteiger partial charge in [0, 0.05) is 17.3 Å². The molecule has 7 nitrogen and oxygen atoms in total. The highest BCUT2D eigenvalue weighted by molar-refractivity contribution is 7.98. The maximum atomic E-state index is 11.2. The van der Waals surface area contributed by atoms with E-state index >= 15 is 0 Å². The Morgan fingerprint density at radius 3 is 2.81 bits per heavy atom. The molecule has 0 bridgehead atoms. The first-order chi connectivity index (χ1) is 10.2. The van der Waals surface area contributed by atoms with E-state index in [-0.39, 0.29) is 5.56 Å². The summed E-state index contributed by atoms with van der Waals surface area (Å²) in [5.74, 6) is 1.12. The van der Waals surface area contributed by atoms with Gasteiger partial charge in [0.1, 0.15) is 0 Å². The third-order valence-corrected chi connectivity index (χ3v) is 3.73. The second-order valence-corrected chi connectivity index (χ2v) is 5.41. The standard InChI is InChI=1S/C12H9ClN6OS/c13-8-1-3-9(4-2-8)19-10(16-17-18-19)7-21-12-14-6-5-11(20)15-12/h1-6H,7H2,(H,14,15,20). The Bertz CT molecular complexity index is 800. The van der Waals surface area contributed by atoms with Crippen LogP contribution in [0.5, 0.6) is 0 Å². The lowest BCUT2D eigenvalue weighted by atomic mass is 10.3. The number of nitrogens with one attached hydrogen (secondary N) is 1. The van der Waals surface area contributed by atoms with Gasteiger partial charge in [0.2, 0.25) is 0 Å². The van der Waals surface area contributed by atoms with Crippen molar-refractivity contribution in [1.29, 1.82) is 0 Å². The molecule has 3 rings (SSSR count). The van der Waals surface area contributed by atoms with Crippen LogP contribution in [0.2, 0.25) is 5.02 Å². The van der Waals surface area contributed by atoms with E-state index in [1.165, 1.54) is 24.0 Å². The average Bonchev–Trinajstić information content (AvgIpc) is 2.94.